The summed E-state index contributed by atoms with van der Waals surface area (Å²) < 4.78 is 5.84. The number of nitrogens with one attached hydrogen (secondary N) is 1. The van der Waals surface area contributed by atoms with Crippen LogP contribution in [0.5, 0.6) is 11.5 Å². The van der Waals surface area contributed by atoms with Gasteiger partial charge in [0.25, 0.3) is 5.91 Å². The molecule has 1 aliphatic rings. The second-order valence-corrected chi connectivity index (χ2v) is 9.51. The van der Waals surface area contributed by atoms with Gasteiger partial charge in [-0.25, -0.2) is 9.97 Å². The number of rotatable bonds is 5. The van der Waals surface area contributed by atoms with E-state index in [1.807, 2.05) is 68.4 Å². The molecule has 1 aliphatic heterocycles. The van der Waals surface area contributed by atoms with Gasteiger partial charge in [-0.05, 0) is 62.9 Å². The zero-order valence-electron chi connectivity index (χ0n) is 19.5. The van der Waals surface area contributed by atoms with Gasteiger partial charge in [0.1, 0.15) is 28.0 Å². The maximum absolute atomic E-state index is 13.2. The molecule has 1 amide bonds. The summed E-state index contributed by atoms with van der Waals surface area (Å²) in [6.45, 7) is 7.71. The van der Waals surface area contributed by atoms with E-state index < -0.39 is 0 Å². The third-order valence-corrected chi connectivity index (χ3v) is 7.17. The van der Waals surface area contributed by atoms with Crippen molar-refractivity contribution in [3.8, 4) is 11.5 Å². The van der Waals surface area contributed by atoms with Crippen LogP contribution in [0, 0.1) is 13.8 Å². The van der Waals surface area contributed by atoms with Crippen molar-refractivity contribution >= 4 is 39.0 Å². The van der Waals surface area contributed by atoms with E-state index in [0.717, 1.165) is 59.4 Å². The number of piperazine rings is 1. The first-order valence-electron chi connectivity index (χ1n) is 11.3. The summed E-state index contributed by atoms with van der Waals surface area (Å²) in [7, 11) is 2.14. The second-order valence-electron chi connectivity index (χ2n) is 8.51. The van der Waals surface area contributed by atoms with Crippen molar-refractivity contribution < 1.29 is 9.53 Å². The monoisotopic (exact) mass is 473 g/mol. The first kappa shape index (κ1) is 22.3. The second kappa shape index (κ2) is 9.40. The molecule has 34 heavy (non-hydrogen) atoms. The molecule has 0 radical (unpaired) electrons. The van der Waals surface area contributed by atoms with E-state index in [2.05, 4.69) is 27.1 Å². The van der Waals surface area contributed by atoms with Crippen LogP contribution in [0.1, 0.15) is 21.1 Å². The van der Waals surface area contributed by atoms with Crippen LogP contribution in [0.2, 0.25) is 0 Å². The largest absolute Gasteiger partial charge is 0.457 e. The van der Waals surface area contributed by atoms with Gasteiger partial charge in [-0.1, -0.05) is 18.2 Å². The number of benzene rings is 2. The number of thiophene rings is 1. The molecule has 0 bridgehead atoms. The lowest BCUT2D eigenvalue weighted by atomic mass is 10.1. The molecule has 0 saturated carbocycles. The molecule has 1 saturated heterocycles. The quantitative estimate of drug-likeness (QED) is 0.435. The Morgan fingerprint density at radius 3 is 2.32 bits per heavy atom. The standard InChI is InChI=1S/C26H27N5O2S/c1-17-22-24(31-15-13-30(3)14-16-31)27-18(2)28-26(22)34-23(17)25(32)29-19-9-11-21(12-10-19)33-20-7-5-4-6-8-20/h4-12H,13-16H2,1-3H3,(H,29,32). The molecule has 174 valence electrons. The van der Waals surface area contributed by atoms with Gasteiger partial charge < -0.3 is 19.9 Å². The fourth-order valence-corrected chi connectivity index (χ4v) is 5.22. The number of carbonyl (C=O) groups is 1. The zero-order valence-corrected chi connectivity index (χ0v) is 20.4. The van der Waals surface area contributed by atoms with Gasteiger partial charge in [-0.3, -0.25) is 4.79 Å². The highest BCUT2D eigenvalue weighted by molar-refractivity contribution is 7.20. The van der Waals surface area contributed by atoms with Gasteiger partial charge >= 0.3 is 0 Å². The first-order chi connectivity index (χ1) is 16.5. The molecule has 0 spiro atoms. The first-order valence-corrected chi connectivity index (χ1v) is 12.1. The molecular weight excluding hydrogens is 446 g/mol. The van der Waals surface area contributed by atoms with Crippen molar-refractivity contribution in [2.24, 2.45) is 0 Å². The predicted octanol–water partition coefficient (Wildman–Crippen LogP) is 5.10. The zero-order chi connectivity index (χ0) is 23.7. The summed E-state index contributed by atoms with van der Waals surface area (Å²) in [5.74, 6) is 3.01. The van der Waals surface area contributed by atoms with E-state index >= 15 is 0 Å². The van der Waals surface area contributed by atoms with Crippen molar-refractivity contribution in [2.45, 2.75) is 13.8 Å². The van der Waals surface area contributed by atoms with E-state index in [0.29, 0.717) is 16.3 Å². The number of ether oxygens (including phenoxy) is 1. The average molecular weight is 474 g/mol. The molecular formula is C26H27N5O2S. The summed E-state index contributed by atoms with van der Waals surface area (Å²) in [6.07, 6.45) is 0. The molecule has 4 aromatic rings. The molecule has 2 aromatic carbocycles. The molecule has 1 N–H and O–H groups in total. The van der Waals surface area contributed by atoms with Crippen molar-refractivity contribution in [1.82, 2.24) is 14.9 Å². The number of aryl methyl sites for hydroxylation is 2. The number of anilines is 2. The van der Waals surface area contributed by atoms with Gasteiger partial charge in [0.05, 0.1) is 10.3 Å². The number of hydrogen-bond donors (Lipinski definition) is 1. The lowest BCUT2D eigenvalue weighted by molar-refractivity contribution is 0.103. The van der Waals surface area contributed by atoms with E-state index in [1.54, 1.807) is 0 Å². The Morgan fingerprint density at radius 2 is 1.62 bits per heavy atom. The Labute approximate surface area is 203 Å². The number of likely N-dealkylation sites (N-methyl/N-ethyl adjacent to an activating group) is 1. The smallest absolute Gasteiger partial charge is 0.266 e. The topological polar surface area (TPSA) is 70.6 Å². The van der Waals surface area contributed by atoms with Crippen LogP contribution in [0.3, 0.4) is 0 Å². The Hall–Kier alpha value is -3.49. The minimum Gasteiger partial charge on any atom is -0.457 e. The molecule has 7 nitrogen and oxygen atoms in total. The van der Waals surface area contributed by atoms with Crippen LogP contribution < -0.4 is 15.0 Å². The molecule has 8 heteroatoms. The molecule has 5 rings (SSSR count). The minimum absolute atomic E-state index is 0.140. The predicted molar refractivity (Wildman–Crippen MR) is 138 cm³/mol. The van der Waals surface area contributed by atoms with Gasteiger partial charge in [-0.2, -0.15) is 0 Å². The maximum atomic E-state index is 13.2. The fraction of sp³-hybridized carbons (Fsp3) is 0.269. The molecule has 3 heterocycles. The van der Waals surface area contributed by atoms with Crippen LogP contribution in [-0.2, 0) is 0 Å². The van der Waals surface area contributed by atoms with Crippen molar-refractivity contribution in [1.29, 1.82) is 0 Å². The van der Waals surface area contributed by atoms with E-state index in [9.17, 15) is 4.79 Å². The normalized spacial score (nSPS) is 14.4. The van der Waals surface area contributed by atoms with Crippen molar-refractivity contribution in [3.63, 3.8) is 0 Å². The van der Waals surface area contributed by atoms with Gasteiger partial charge in [0.15, 0.2) is 0 Å². The number of carbonyl (C=O) groups excluding carboxylic acids is 1. The van der Waals surface area contributed by atoms with Crippen LogP contribution in [0.25, 0.3) is 10.2 Å². The number of para-hydroxylation sites is 1. The van der Waals surface area contributed by atoms with E-state index in [4.69, 9.17) is 9.72 Å². The van der Waals surface area contributed by atoms with E-state index in [-0.39, 0.29) is 5.91 Å². The summed E-state index contributed by atoms with van der Waals surface area (Å²) in [5, 5.41) is 4.00. The minimum atomic E-state index is -0.140. The number of fused-ring (bicyclic) bond motifs is 1. The SMILES string of the molecule is Cc1nc(N2CCN(C)CC2)c2c(C)c(C(=O)Nc3ccc(Oc4ccccc4)cc3)sc2n1. The molecule has 1 fully saturated rings. The number of aromatic nitrogens is 2. The summed E-state index contributed by atoms with van der Waals surface area (Å²) >= 11 is 1.42. The third-order valence-electron chi connectivity index (χ3n) is 5.98. The molecule has 0 atom stereocenters. The highest BCUT2D eigenvalue weighted by atomic mass is 32.1. The average Bonchev–Trinajstić information content (AvgIpc) is 3.17. The maximum Gasteiger partial charge on any atom is 0.266 e. The Kier molecular flexibility index (Phi) is 6.17. The van der Waals surface area contributed by atoms with Gasteiger partial charge in [0.2, 0.25) is 0 Å². The molecule has 2 aromatic heterocycles. The highest BCUT2D eigenvalue weighted by Gasteiger charge is 2.24. The molecule has 0 aliphatic carbocycles. The Balaban J connectivity index is 1.37. The summed E-state index contributed by atoms with van der Waals surface area (Å²) in [6, 6.07) is 17.0. The number of nitrogens with zero attached hydrogens (tertiary/aromatic N) is 4. The van der Waals surface area contributed by atoms with Gasteiger partial charge in [-0.15, -0.1) is 11.3 Å². The lowest BCUT2D eigenvalue weighted by Crippen LogP contribution is -2.45. The molecule has 0 unspecified atom stereocenters. The highest BCUT2D eigenvalue weighted by Crippen LogP contribution is 2.36. The van der Waals surface area contributed by atoms with Crippen LogP contribution in [-0.4, -0.2) is 54.0 Å². The van der Waals surface area contributed by atoms with Gasteiger partial charge in [0, 0.05) is 31.9 Å². The lowest BCUT2D eigenvalue weighted by Gasteiger charge is -2.33. The number of hydrogen-bond acceptors (Lipinski definition) is 7. The third kappa shape index (κ3) is 4.60. The Morgan fingerprint density at radius 1 is 0.941 bits per heavy atom. The summed E-state index contributed by atoms with van der Waals surface area (Å²) in [4.78, 5) is 28.8. The van der Waals surface area contributed by atoms with Crippen molar-refractivity contribution in [3.05, 3.63) is 70.9 Å². The van der Waals surface area contributed by atoms with Crippen LogP contribution in [0.15, 0.2) is 54.6 Å². The fourth-order valence-electron chi connectivity index (χ4n) is 4.10. The van der Waals surface area contributed by atoms with Crippen LogP contribution >= 0.6 is 11.3 Å². The van der Waals surface area contributed by atoms with E-state index in [1.165, 1.54) is 11.3 Å². The Bertz CT molecular complexity index is 1310. The van der Waals surface area contributed by atoms with Crippen LogP contribution in [0.4, 0.5) is 11.5 Å². The summed E-state index contributed by atoms with van der Waals surface area (Å²) in [5.41, 5.74) is 1.64. The number of amides is 1. The van der Waals surface area contributed by atoms with Crippen molar-refractivity contribution in [2.75, 3.05) is 43.4 Å².